The molecular formula is C16H25ClN2O. The summed E-state index contributed by atoms with van der Waals surface area (Å²) < 4.78 is 5.68. The zero-order valence-electron chi connectivity index (χ0n) is 12.6. The van der Waals surface area contributed by atoms with Crippen molar-refractivity contribution in [2.24, 2.45) is 5.73 Å². The van der Waals surface area contributed by atoms with Crippen molar-refractivity contribution in [1.29, 1.82) is 0 Å². The molecule has 1 aromatic carbocycles. The van der Waals surface area contributed by atoms with Gasteiger partial charge >= 0.3 is 0 Å². The molecule has 0 spiro atoms. The lowest BCUT2D eigenvalue weighted by atomic mass is 10.0. The van der Waals surface area contributed by atoms with E-state index < -0.39 is 0 Å². The number of nitrogens with zero attached hydrogens (tertiary/aromatic N) is 1. The van der Waals surface area contributed by atoms with Gasteiger partial charge in [0.05, 0.1) is 12.1 Å². The third-order valence-corrected chi connectivity index (χ3v) is 4.50. The summed E-state index contributed by atoms with van der Waals surface area (Å²) in [6.07, 6.45) is 3.18. The van der Waals surface area contributed by atoms with E-state index in [4.69, 9.17) is 22.1 Å². The second-order valence-corrected chi connectivity index (χ2v) is 6.12. The first kappa shape index (κ1) is 15.6. The van der Waals surface area contributed by atoms with Crippen LogP contribution in [-0.4, -0.2) is 31.8 Å². The molecule has 112 valence electrons. The van der Waals surface area contributed by atoms with Crippen LogP contribution < -0.4 is 10.6 Å². The van der Waals surface area contributed by atoms with Crippen LogP contribution in [-0.2, 0) is 11.2 Å². The lowest BCUT2D eigenvalue weighted by molar-refractivity contribution is 0.118. The third-order valence-electron chi connectivity index (χ3n) is 4.27. The summed E-state index contributed by atoms with van der Waals surface area (Å²) in [7, 11) is 2.13. The fourth-order valence-corrected chi connectivity index (χ4v) is 3.04. The fourth-order valence-electron chi connectivity index (χ4n) is 2.87. The summed E-state index contributed by atoms with van der Waals surface area (Å²) in [6, 6.07) is 6.70. The van der Waals surface area contributed by atoms with Gasteiger partial charge in [-0.15, -0.1) is 0 Å². The van der Waals surface area contributed by atoms with Gasteiger partial charge in [0.1, 0.15) is 0 Å². The fraction of sp³-hybridized carbons (Fsp3) is 0.625. The van der Waals surface area contributed by atoms with Gasteiger partial charge in [0, 0.05) is 30.4 Å². The Kier molecular flexibility index (Phi) is 5.30. The molecule has 2 rings (SSSR count). The number of benzene rings is 1. The van der Waals surface area contributed by atoms with Crippen molar-refractivity contribution in [3.05, 3.63) is 28.8 Å². The Labute approximate surface area is 127 Å². The van der Waals surface area contributed by atoms with E-state index in [0.29, 0.717) is 6.04 Å². The lowest BCUT2D eigenvalue weighted by Gasteiger charge is -2.31. The highest BCUT2D eigenvalue weighted by Crippen LogP contribution is 2.30. The summed E-state index contributed by atoms with van der Waals surface area (Å²) >= 11 is 6.19. The Morgan fingerprint density at radius 2 is 2.25 bits per heavy atom. The van der Waals surface area contributed by atoms with E-state index in [1.807, 2.05) is 12.1 Å². The number of likely N-dealkylation sites (N-methyl/N-ethyl adjacent to an activating group) is 1. The van der Waals surface area contributed by atoms with Crippen LogP contribution >= 0.6 is 11.6 Å². The molecule has 3 nitrogen and oxygen atoms in total. The maximum atomic E-state index is 6.19. The summed E-state index contributed by atoms with van der Waals surface area (Å²) in [5.41, 5.74) is 8.57. The number of halogens is 1. The topological polar surface area (TPSA) is 38.5 Å². The van der Waals surface area contributed by atoms with E-state index in [1.54, 1.807) is 0 Å². The van der Waals surface area contributed by atoms with Crippen LogP contribution in [0.1, 0.15) is 32.3 Å². The number of hydrogen-bond acceptors (Lipinski definition) is 3. The zero-order chi connectivity index (χ0) is 14.7. The molecule has 20 heavy (non-hydrogen) atoms. The standard InChI is InChI=1S/C16H25ClN2O/c1-4-14(18)9-12-5-6-13(17)10-16(12)19(3)15-7-8-20-11(15)2/h5-6,10-11,14-15H,4,7-9,18H2,1-3H3. The smallest absolute Gasteiger partial charge is 0.0750 e. The third kappa shape index (κ3) is 3.46. The van der Waals surface area contributed by atoms with E-state index in [9.17, 15) is 0 Å². The molecule has 0 radical (unpaired) electrons. The van der Waals surface area contributed by atoms with Crippen LogP contribution in [0.25, 0.3) is 0 Å². The number of ether oxygens (including phenoxy) is 1. The van der Waals surface area contributed by atoms with Crippen LogP contribution in [0.5, 0.6) is 0 Å². The number of rotatable bonds is 5. The Hall–Kier alpha value is -0.770. The molecule has 1 aliphatic rings. The molecule has 1 heterocycles. The van der Waals surface area contributed by atoms with Crippen molar-refractivity contribution in [2.75, 3.05) is 18.6 Å². The van der Waals surface area contributed by atoms with E-state index in [-0.39, 0.29) is 12.1 Å². The van der Waals surface area contributed by atoms with Gasteiger partial charge in [0.2, 0.25) is 0 Å². The number of anilines is 1. The highest BCUT2D eigenvalue weighted by atomic mass is 35.5. The average Bonchev–Trinajstić information content (AvgIpc) is 2.86. The van der Waals surface area contributed by atoms with Crippen LogP contribution in [0, 0.1) is 0 Å². The minimum atomic E-state index is 0.195. The minimum absolute atomic E-state index is 0.195. The highest BCUT2D eigenvalue weighted by molar-refractivity contribution is 6.30. The Morgan fingerprint density at radius 3 is 2.85 bits per heavy atom. The monoisotopic (exact) mass is 296 g/mol. The molecule has 2 N–H and O–H groups in total. The van der Waals surface area contributed by atoms with Crippen LogP contribution in [0.3, 0.4) is 0 Å². The molecule has 1 aromatic rings. The molecule has 0 amide bonds. The first-order chi connectivity index (χ1) is 9.52. The maximum Gasteiger partial charge on any atom is 0.0750 e. The molecule has 4 heteroatoms. The minimum Gasteiger partial charge on any atom is -0.376 e. The Morgan fingerprint density at radius 1 is 1.50 bits per heavy atom. The van der Waals surface area contributed by atoms with Crippen molar-refractivity contribution in [3.8, 4) is 0 Å². The van der Waals surface area contributed by atoms with Gasteiger partial charge in [0.15, 0.2) is 0 Å². The van der Waals surface area contributed by atoms with Gasteiger partial charge in [-0.05, 0) is 43.9 Å². The molecule has 0 bridgehead atoms. The molecule has 1 fully saturated rings. The average molecular weight is 297 g/mol. The summed E-state index contributed by atoms with van der Waals surface area (Å²) in [5.74, 6) is 0. The SMILES string of the molecule is CCC(N)Cc1ccc(Cl)cc1N(C)C1CCOC1C. The lowest BCUT2D eigenvalue weighted by Crippen LogP contribution is -2.37. The van der Waals surface area contributed by atoms with Crippen LogP contribution in [0.2, 0.25) is 5.02 Å². The van der Waals surface area contributed by atoms with Gasteiger partial charge < -0.3 is 15.4 Å². The van der Waals surface area contributed by atoms with Crippen LogP contribution in [0.15, 0.2) is 18.2 Å². The second-order valence-electron chi connectivity index (χ2n) is 5.69. The highest BCUT2D eigenvalue weighted by Gasteiger charge is 2.29. The number of hydrogen-bond donors (Lipinski definition) is 1. The second kappa shape index (κ2) is 6.79. The first-order valence-electron chi connectivity index (χ1n) is 7.41. The number of nitrogens with two attached hydrogens (primary N) is 1. The van der Waals surface area contributed by atoms with Crippen molar-refractivity contribution in [3.63, 3.8) is 0 Å². The van der Waals surface area contributed by atoms with Gasteiger partial charge in [0.25, 0.3) is 0 Å². The molecule has 3 unspecified atom stereocenters. The predicted octanol–water partition coefficient (Wildman–Crippen LogP) is 3.23. The first-order valence-corrected chi connectivity index (χ1v) is 7.79. The molecular weight excluding hydrogens is 272 g/mol. The van der Waals surface area contributed by atoms with Gasteiger partial charge in [-0.3, -0.25) is 0 Å². The molecule has 3 atom stereocenters. The molecule has 1 saturated heterocycles. The van der Waals surface area contributed by atoms with Crippen molar-refractivity contribution < 1.29 is 4.74 Å². The van der Waals surface area contributed by atoms with Gasteiger partial charge in [-0.2, -0.15) is 0 Å². The molecule has 0 aromatic heterocycles. The predicted molar refractivity (Wildman–Crippen MR) is 85.6 cm³/mol. The Bertz CT molecular complexity index is 452. The van der Waals surface area contributed by atoms with E-state index in [2.05, 4.69) is 31.9 Å². The van der Waals surface area contributed by atoms with Gasteiger partial charge in [-0.1, -0.05) is 24.6 Å². The molecule has 0 aliphatic carbocycles. The normalized spacial score (nSPS) is 23.9. The maximum absolute atomic E-state index is 6.19. The molecule has 1 aliphatic heterocycles. The Balaban J connectivity index is 2.26. The molecule has 0 saturated carbocycles. The quantitative estimate of drug-likeness (QED) is 0.906. The van der Waals surface area contributed by atoms with E-state index in [1.165, 1.54) is 11.3 Å². The van der Waals surface area contributed by atoms with Crippen molar-refractivity contribution in [2.45, 2.75) is 51.3 Å². The summed E-state index contributed by atoms with van der Waals surface area (Å²) in [4.78, 5) is 2.31. The van der Waals surface area contributed by atoms with Crippen molar-refractivity contribution >= 4 is 17.3 Å². The van der Waals surface area contributed by atoms with E-state index in [0.717, 1.165) is 30.9 Å². The van der Waals surface area contributed by atoms with Gasteiger partial charge in [-0.25, -0.2) is 0 Å². The van der Waals surface area contributed by atoms with E-state index >= 15 is 0 Å². The zero-order valence-corrected chi connectivity index (χ0v) is 13.4. The largest absolute Gasteiger partial charge is 0.376 e. The van der Waals surface area contributed by atoms with Crippen molar-refractivity contribution in [1.82, 2.24) is 0 Å². The summed E-state index contributed by atoms with van der Waals surface area (Å²) in [6.45, 7) is 5.09. The van der Waals surface area contributed by atoms with Crippen LogP contribution in [0.4, 0.5) is 5.69 Å². The summed E-state index contributed by atoms with van der Waals surface area (Å²) in [5, 5.41) is 0.771.